The van der Waals surface area contributed by atoms with Gasteiger partial charge in [0.05, 0.1) is 6.54 Å². The maximum absolute atomic E-state index is 13.4. The van der Waals surface area contributed by atoms with E-state index in [1.165, 1.54) is 15.8 Å². The zero-order chi connectivity index (χ0) is 16.7. The molecule has 0 saturated carbocycles. The fourth-order valence-corrected chi connectivity index (χ4v) is 3.62. The van der Waals surface area contributed by atoms with Gasteiger partial charge >= 0.3 is 0 Å². The molecule has 24 heavy (non-hydrogen) atoms. The standard InChI is InChI=1S/C17H22FN3S2.HI/c1-12-4-7-16(23-12)10-21-17(19-2)20-9-13-5-6-15(18)8-14(13)11-22-3;/h4-8H,9-11H2,1-3H3,(H2,19,20,21);1H. The molecule has 0 bridgehead atoms. The number of halogens is 2. The van der Waals surface area contributed by atoms with Crippen molar-refractivity contribution in [3.05, 3.63) is 57.0 Å². The van der Waals surface area contributed by atoms with Crippen molar-refractivity contribution in [3.63, 3.8) is 0 Å². The first-order valence-corrected chi connectivity index (χ1v) is 9.59. The monoisotopic (exact) mass is 479 g/mol. The average molecular weight is 479 g/mol. The molecule has 1 aromatic carbocycles. The van der Waals surface area contributed by atoms with Crippen molar-refractivity contribution in [2.24, 2.45) is 4.99 Å². The summed E-state index contributed by atoms with van der Waals surface area (Å²) in [5.74, 6) is 1.36. The lowest BCUT2D eigenvalue weighted by atomic mass is 10.1. The lowest BCUT2D eigenvalue weighted by Gasteiger charge is -2.14. The highest BCUT2D eigenvalue weighted by atomic mass is 127. The normalized spacial score (nSPS) is 11.1. The smallest absolute Gasteiger partial charge is 0.191 e. The largest absolute Gasteiger partial charge is 0.352 e. The van der Waals surface area contributed by atoms with Gasteiger partial charge in [0.25, 0.3) is 0 Å². The average Bonchev–Trinajstić information content (AvgIpc) is 2.95. The van der Waals surface area contributed by atoms with Gasteiger partial charge in [-0.05, 0) is 48.6 Å². The molecule has 0 radical (unpaired) electrons. The molecule has 7 heteroatoms. The third-order valence-electron chi connectivity index (χ3n) is 3.36. The summed E-state index contributed by atoms with van der Waals surface area (Å²) in [5, 5.41) is 6.59. The van der Waals surface area contributed by atoms with Crippen molar-refractivity contribution in [1.82, 2.24) is 10.6 Å². The van der Waals surface area contributed by atoms with Crippen LogP contribution in [-0.4, -0.2) is 19.3 Å². The predicted octanol–water partition coefficient (Wildman–Crippen LogP) is 4.54. The maximum Gasteiger partial charge on any atom is 0.191 e. The fraction of sp³-hybridized carbons (Fsp3) is 0.353. The van der Waals surface area contributed by atoms with Gasteiger partial charge in [0.15, 0.2) is 5.96 Å². The SMILES string of the molecule is CN=C(NCc1ccc(C)s1)NCc1ccc(F)cc1CSC.I. The van der Waals surface area contributed by atoms with E-state index in [0.29, 0.717) is 6.54 Å². The van der Waals surface area contributed by atoms with E-state index in [2.05, 4.69) is 34.7 Å². The van der Waals surface area contributed by atoms with Crippen LogP contribution in [0.5, 0.6) is 0 Å². The second-order valence-electron chi connectivity index (χ2n) is 5.14. The summed E-state index contributed by atoms with van der Waals surface area (Å²) < 4.78 is 13.4. The summed E-state index contributed by atoms with van der Waals surface area (Å²) in [6.45, 7) is 3.47. The van der Waals surface area contributed by atoms with E-state index in [0.717, 1.165) is 29.4 Å². The number of hydrogen-bond donors (Lipinski definition) is 2. The van der Waals surface area contributed by atoms with Gasteiger partial charge < -0.3 is 10.6 Å². The third-order valence-corrected chi connectivity index (χ3v) is 4.96. The van der Waals surface area contributed by atoms with Crippen molar-refractivity contribution in [2.75, 3.05) is 13.3 Å². The molecular weight excluding hydrogens is 456 g/mol. The lowest BCUT2D eigenvalue weighted by molar-refractivity contribution is 0.625. The van der Waals surface area contributed by atoms with Crippen molar-refractivity contribution in [3.8, 4) is 0 Å². The van der Waals surface area contributed by atoms with Crippen LogP contribution in [0.3, 0.4) is 0 Å². The van der Waals surface area contributed by atoms with Gasteiger partial charge in [0.2, 0.25) is 0 Å². The molecular formula is C17H23FIN3S2. The van der Waals surface area contributed by atoms with Crippen LogP contribution in [0, 0.1) is 12.7 Å². The number of nitrogens with zero attached hydrogens (tertiary/aromatic N) is 1. The Labute approximate surface area is 168 Å². The van der Waals surface area contributed by atoms with Crippen molar-refractivity contribution in [2.45, 2.75) is 25.8 Å². The Hall–Kier alpha value is -0.800. The number of thiophene rings is 1. The quantitative estimate of drug-likeness (QED) is 0.363. The molecule has 0 unspecified atom stereocenters. The highest BCUT2D eigenvalue weighted by molar-refractivity contribution is 14.0. The Morgan fingerprint density at radius 3 is 2.54 bits per heavy atom. The van der Waals surface area contributed by atoms with Crippen molar-refractivity contribution >= 4 is 53.0 Å². The molecule has 0 fully saturated rings. The second-order valence-corrected chi connectivity index (χ2v) is 7.38. The number of rotatable bonds is 6. The van der Waals surface area contributed by atoms with Crippen LogP contribution in [0.4, 0.5) is 4.39 Å². The highest BCUT2D eigenvalue weighted by Gasteiger charge is 2.06. The first kappa shape index (κ1) is 21.2. The van der Waals surface area contributed by atoms with Gasteiger partial charge in [0.1, 0.15) is 5.82 Å². The molecule has 2 aromatic rings. The van der Waals surface area contributed by atoms with Gasteiger partial charge in [-0.25, -0.2) is 4.39 Å². The van der Waals surface area contributed by atoms with Crippen LogP contribution in [0.15, 0.2) is 35.3 Å². The number of aliphatic imine (C=N–C) groups is 1. The topological polar surface area (TPSA) is 36.4 Å². The molecule has 0 aliphatic carbocycles. The van der Waals surface area contributed by atoms with E-state index in [1.54, 1.807) is 36.2 Å². The first-order valence-electron chi connectivity index (χ1n) is 7.38. The van der Waals surface area contributed by atoms with Gasteiger partial charge in [-0.1, -0.05) is 6.07 Å². The zero-order valence-corrected chi connectivity index (χ0v) is 18.0. The molecule has 0 saturated heterocycles. The molecule has 3 nitrogen and oxygen atoms in total. The molecule has 0 aliphatic heterocycles. The summed E-state index contributed by atoms with van der Waals surface area (Å²) >= 11 is 3.46. The van der Waals surface area contributed by atoms with E-state index in [-0.39, 0.29) is 29.8 Å². The van der Waals surface area contributed by atoms with E-state index < -0.39 is 0 Å². The predicted molar refractivity (Wildman–Crippen MR) is 115 cm³/mol. The minimum Gasteiger partial charge on any atom is -0.352 e. The van der Waals surface area contributed by atoms with E-state index >= 15 is 0 Å². The first-order chi connectivity index (χ1) is 11.1. The fourth-order valence-electron chi connectivity index (χ4n) is 2.21. The number of hydrogen-bond acceptors (Lipinski definition) is 3. The van der Waals surface area contributed by atoms with Gasteiger partial charge in [-0.3, -0.25) is 4.99 Å². The Balaban J connectivity index is 0.00000288. The number of guanidine groups is 1. The summed E-state index contributed by atoms with van der Waals surface area (Å²) in [6.07, 6.45) is 2.02. The Morgan fingerprint density at radius 1 is 1.17 bits per heavy atom. The van der Waals surface area contributed by atoms with Crippen LogP contribution in [0.1, 0.15) is 20.9 Å². The van der Waals surface area contributed by atoms with E-state index in [9.17, 15) is 4.39 Å². The zero-order valence-electron chi connectivity index (χ0n) is 14.1. The summed E-state index contributed by atoms with van der Waals surface area (Å²) in [7, 11) is 1.75. The number of thioether (sulfide) groups is 1. The maximum atomic E-state index is 13.4. The van der Waals surface area contributed by atoms with Crippen LogP contribution >= 0.6 is 47.1 Å². The molecule has 1 heterocycles. The Kier molecular flexibility index (Phi) is 9.68. The summed E-state index contributed by atoms with van der Waals surface area (Å²) in [5.41, 5.74) is 2.12. The lowest BCUT2D eigenvalue weighted by Crippen LogP contribution is -2.36. The van der Waals surface area contributed by atoms with Crippen LogP contribution in [0.2, 0.25) is 0 Å². The molecule has 0 aliphatic rings. The number of nitrogens with one attached hydrogen (secondary N) is 2. The minimum absolute atomic E-state index is 0. The van der Waals surface area contributed by atoms with Crippen LogP contribution < -0.4 is 10.6 Å². The minimum atomic E-state index is -0.187. The highest BCUT2D eigenvalue weighted by Crippen LogP contribution is 2.17. The molecule has 2 N–H and O–H groups in total. The van der Waals surface area contributed by atoms with E-state index in [4.69, 9.17) is 0 Å². The Morgan fingerprint density at radius 2 is 1.92 bits per heavy atom. The summed E-state index contributed by atoms with van der Waals surface area (Å²) in [6, 6.07) is 9.19. The molecule has 2 rings (SSSR count). The number of benzene rings is 1. The molecule has 132 valence electrons. The van der Waals surface area contributed by atoms with Crippen LogP contribution in [0.25, 0.3) is 0 Å². The Bertz CT molecular complexity index is 674. The van der Waals surface area contributed by atoms with Gasteiger partial charge in [-0.2, -0.15) is 11.8 Å². The van der Waals surface area contributed by atoms with Gasteiger partial charge in [-0.15, -0.1) is 35.3 Å². The number of aryl methyl sites for hydroxylation is 1. The molecule has 0 spiro atoms. The van der Waals surface area contributed by atoms with Crippen molar-refractivity contribution < 1.29 is 4.39 Å². The second kappa shape index (κ2) is 10.9. The van der Waals surface area contributed by atoms with Gasteiger partial charge in [0, 0.05) is 29.1 Å². The third kappa shape index (κ3) is 6.60. The molecule has 0 amide bonds. The van der Waals surface area contributed by atoms with Crippen molar-refractivity contribution in [1.29, 1.82) is 0 Å². The summed E-state index contributed by atoms with van der Waals surface area (Å²) in [4.78, 5) is 6.81. The molecule has 0 atom stereocenters. The van der Waals surface area contributed by atoms with Crippen LogP contribution in [-0.2, 0) is 18.8 Å². The van der Waals surface area contributed by atoms with E-state index in [1.807, 2.05) is 12.3 Å². The molecule has 1 aromatic heterocycles.